The summed E-state index contributed by atoms with van der Waals surface area (Å²) < 4.78 is 67.4. The molecule has 0 fully saturated rings. The van der Waals surface area contributed by atoms with Gasteiger partial charge in [-0.2, -0.15) is 31.4 Å². The number of rotatable bonds is 8. The lowest BCUT2D eigenvalue weighted by atomic mass is 10.2. The number of nitrogens with zero attached hydrogens (tertiary/aromatic N) is 3. The van der Waals surface area contributed by atoms with Crippen LogP contribution in [0.3, 0.4) is 0 Å². The highest BCUT2D eigenvalue weighted by Gasteiger charge is 2.31. The fourth-order valence-electron chi connectivity index (χ4n) is 2.31. The zero-order chi connectivity index (χ0) is 23.4. The Balaban J connectivity index is 2.25. The van der Waals surface area contributed by atoms with E-state index in [-0.39, 0.29) is 16.6 Å². The Bertz CT molecular complexity index is 1100. The Morgan fingerprint density at radius 1 is 1.39 bits per heavy atom. The van der Waals surface area contributed by atoms with Crippen molar-refractivity contribution in [2.75, 3.05) is 6.54 Å². The van der Waals surface area contributed by atoms with E-state index < -0.39 is 27.9 Å². The van der Waals surface area contributed by atoms with E-state index in [0.717, 1.165) is 23.9 Å². The van der Waals surface area contributed by atoms with Gasteiger partial charge in [0.15, 0.2) is 0 Å². The van der Waals surface area contributed by atoms with Crippen molar-refractivity contribution in [1.29, 1.82) is 0 Å². The number of hydrogen-bond donors (Lipinski definition) is 2. The summed E-state index contributed by atoms with van der Waals surface area (Å²) in [6, 6.07) is 0.775. The maximum absolute atomic E-state index is 12.8. The number of pyridine rings is 1. The Morgan fingerprint density at radius 3 is 2.65 bits per heavy atom. The molecule has 14 heteroatoms. The second-order valence-electron chi connectivity index (χ2n) is 6.24. The molecule has 0 bridgehead atoms. The van der Waals surface area contributed by atoms with Crippen molar-refractivity contribution in [3.63, 3.8) is 0 Å². The highest BCUT2D eigenvalue weighted by atomic mass is 35.5. The average Bonchev–Trinajstić information content (AvgIpc) is 2.91. The van der Waals surface area contributed by atoms with Gasteiger partial charge in [0.25, 0.3) is 5.91 Å². The van der Waals surface area contributed by atoms with Gasteiger partial charge < -0.3 is 0 Å². The second-order valence-corrected chi connectivity index (χ2v) is 9.12. The number of carbonyl (C=O) groups excluding carboxylic acids is 1. The molecule has 0 atom stereocenters. The molecule has 0 saturated heterocycles. The predicted octanol–water partition coefficient (Wildman–Crippen LogP) is 3.32. The Hall–Kier alpha value is -2.09. The largest absolute Gasteiger partial charge is 0.417 e. The molecule has 0 aromatic carbocycles. The first-order valence-electron chi connectivity index (χ1n) is 8.77. The number of hydrogen-bond acceptors (Lipinski definition) is 6. The van der Waals surface area contributed by atoms with Crippen molar-refractivity contribution in [1.82, 2.24) is 24.2 Å². The van der Waals surface area contributed by atoms with Crippen LogP contribution in [0.2, 0.25) is 5.02 Å². The van der Waals surface area contributed by atoms with E-state index in [1.165, 1.54) is 10.8 Å². The molecule has 2 rings (SSSR count). The summed E-state index contributed by atoms with van der Waals surface area (Å²) in [5.41, 5.74) is -0.0129. The summed E-state index contributed by atoms with van der Waals surface area (Å²) in [5, 5.41) is 4.58. The van der Waals surface area contributed by atoms with E-state index in [0.29, 0.717) is 28.9 Å². The number of aryl methyl sites for hydroxylation is 2. The summed E-state index contributed by atoms with van der Waals surface area (Å²) in [5.74, 6) is -0.881. The summed E-state index contributed by atoms with van der Waals surface area (Å²) in [7, 11) is -2.38. The molecule has 0 spiro atoms. The SMILES string of the molecule is CCCNS(=O)(=O)NC(=O)/C=C/c1c(C)nn(C)c1Sc1ncc(C(F)(F)F)cc1Cl. The van der Waals surface area contributed by atoms with Crippen molar-refractivity contribution < 1.29 is 26.4 Å². The molecule has 0 aliphatic heterocycles. The smallest absolute Gasteiger partial charge is 0.269 e. The molecule has 0 aliphatic rings. The molecule has 2 N–H and O–H groups in total. The van der Waals surface area contributed by atoms with E-state index in [9.17, 15) is 26.4 Å². The number of amides is 1. The highest BCUT2D eigenvalue weighted by molar-refractivity contribution is 7.99. The van der Waals surface area contributed by atoms with Crippen molar-refractivity contribution in [2.45, 2.75) is 36.5 Å². The van der Waals surface area contributed by atoms with E-state index in [4.69, 9.17) is 11.6 Å². The van der Waals surface area contributed by atoms with Crippen LogP contribution in [0.5, 0.6) is 0 Å². The molecule has 170 valence electrons. The number of nitrogens with one attached hydrogen (secondary N) is 2. The van der Waals surface area contributed by atoms with Crippen LogP contribution in [0.15, 0.2) is 28.4 Å². The van der Waals surface area contributed by atoms with Gasteiger partial charge in [0, 0.05) is 31.4 Å². The molecule has 2 aromatic rings. The molecular formula is C17H19ClF3N5O3S2. The number of carbonyl (C=O) groups is 1. The van der Waals surface area contributed by atoms with Crippen LogP contribution < -0.4 is 9.44 Å². The minimum absolute atomic E-state index is 0.114. The zero-order valence-electron chi connectivity index (χ0n) is 16.6. The molecule has 0 saturated carbocycles. The molecule has 8 nitrogen and oxygen atoms in total. The number of halogens is 4. The zero-order valence-corrected chi connectivity index (χ0v) is 19.0. The standard InChI is InChI=1S/C17H19ClF3N5O3S2/c1-4-7-23-31(28,29)25-14(27)6-5-12-10(2)24-26(3)16(12)30-15-13(18)8-11(9-22-15)17(19,20)21/h5-6,8-9,23H,4,7H2,1-3H3,(H,25,27)/b6-5+. The average molecular weight is 498 g/mol. The van der Waals surface area contributed by atoms with E-state index in [2.05, 4.69) is 14.8 Å². The first-order chi connectivity index (χ1) is 14.3. The first kappa shape index (κ1) is 25.2. The minimum Gasteiger partial charge on any atom is -0.269 e. The third-order valence-corrected chi connectivity index (χ3v) is 6.37. The Kier molecular flexibility index (Phi) is 8.14. The van der Waals surface area contributed by atoms with Gasteiger partial charge in [-0.25, -0.2) is 9.71 Å². The third-order valence-electron chi connectivity index (χ3n) is 3.72. The third kappa shape index (κ3) is 6.95. The molecule has 0 radical (unpaired) electrons. The molecule has 0 aliphatic carbocycles. The van der Waals surface area contributed by atoms with Crippen LogP contribution in [-0.4, -0.2) is 35.6 Å². The number of alkyl halides is 3. The van der Waals surface area contributed by atoms with Gasteiger partial charge in [0.2, 0.25) is 0 Å². The molecule has 0 unspecified atom stereocenters. The van der Waals surface area contributed by atoms with Gasteiger partial charge in [-0.1, -0.05) is 18.5 Å². The van der Waals surface area contributed by atoms with Gasteiger partial charge in [-0.05, 0) is 37.2 Å². The van der Waals surface area contributed by atoms with Gasteiger partial charge in [-0.15, -0.1) is 0 Å². The first-order valence-corrected chi connectivity index (χ1v) is 11.5. The van der Waals surface area contributed by atoms with Crippen molar-refractivity contribution >= 4 is 45.6 Å². The van der Waals surface area contributed by atoms with Gasteiger partial charge in [0.1, 0.15) is 10.1 Å². The highest BCUT2D eigenvalue weighted by Crippen LogP contribution is 2.38. The topological polar surface area (TPSA) is 106 Å². The lowest BCUT2D eigenvalue weighted by molar-refractivity contribution is -0.137. The van der Waals surface area contributed by atoms with Crippen molar-refractivity contribution in [2.24, 2.45) is 7.05 Å². The van der Waals surface area contributed by atoms with E-state index in [1.807, 2.05) is 4.72 Å². The maximum Gasteiger partial charge on any atom is 0.417 e. The molecular weight excluding hydrogens is 479 g/mol. The van der Waals surface area contributed by atoms with Crippen LogP contribution >= 0.6 is 23.4 Å². The van der Waals surface area contributed by atoms with Gasteiger partial charge in [0.05, 0.1) is 16.3 Å². The van der Waals surface area contributed by atoms with Crippen LogP contribution in [0.25, 0.3) is 6.08 Å². The summed E-state index contributed by atoms with van der Waals surface area (Å²) in [6.45, 7) is 3.60. The van der Waals surface area contributed by atoms with Crippen LogP contribution in [0, 0.1) is 6.92 Å². The summed E-state index contributed by atoms with van der Waals surface area (Å²) in [4.78, 5) is 15.8. The number of aromatic nitrogens is 3. The monoisotopic (exact) mass is 497 g/mol. The second kappa shape index (κ2) is 10.0. The van der Waals surface area contributed by atoms with Crippen molar-refractivity contribution in [3.05, 3.63) is 40.2 Å². The Labute approximate surface area is 186 Å². The summed E-state index contributed by atoms with van der Waals surface area (Å²) >= 11 is 6.93. The normalized spacial score (nSPS) is 12.5. The quantitative estimate of drug-likeness (QED) is 0.542. The lowest BCUT2D eigenvalue weighted by Crippen LogP contribution is -2.39. The Morgan fingerprint density at radius 2 is 2.06 bits per heavy atom. The molecule has 2 heterocycles. The molecule has 1 amide bonds. The maximum atomic E-state index is 12.8. The van der Waals surface area contributed by atoms with E-state index in [1.54, 1.807) is 20.9 Å². The molecule has 2 aromatic heterocycles. The lowest BCUT2D eigenvalue weighted by Gasteiger charge is -2.09. The van der Waals surface area contributed by atoms with Crippen molar-refractivity contribution in [3.8, 4) is 0 Å². The predicted molar refractivity (Wildman–Crippen MR) is 111 cm³/mol. The minimum atomic E-state index is -4.57. The van der Waals surface area contributed by atoms with Crippen LogP contribution in [0.1, 0.15) is 30.2 Å². The van der Waals surface area contributed by atoms with Crippen LogP contribution in [-0.2, 0) is 28.2 Å². The van der Waals surface area contributed by atoms with Crippen LogP contribution in [0.4, 0.5) is 13.2 Å². The summed E-state index contributed by atoms with van der Waals surface area (Å²) in [6.07, 6.45) is -0.972. The molecule has 31 heavy (non-hydrogen) atoms. The van der Waals surface area contributed by atoms with Gasteiger partial charge >= 0.3 is 16.4 Å². The fourth-order valence-corrected chi connectivity index (χ4v) is 4.41. The van der Waals surface area contributed by atoms with Gasteiger partial charge in [-0.3, -0.25) is 9.48 Å². The van der Waals surface area contributed by atoms with E-state index >= 15 is 0 Å². The fraction of sp³-hybridized carbons (Fsp3) is 0.353.